The highest BCUT2D eigenvalue weighted by atomic mass is 79.9. The number of aliphatic hydroxyl groups is 4. The Kier molecular flexibility index (Phi) is 5.08. The molecule has 20 heavy (non-hydrogen) atoms. The van der Waals surface area contributed by atoms with Gasteiger partial charge in [0.15, 0.2) is 12.1 Å². The van der Waals surface area contributed by atoms with Gasteiger partial charge in [-0.3, -0.25) is 0 Å². The second-order valence-electron chi connectivity index (χ2n) is 5.46. The summed E-state index contributed by atoms with van der Waals surface area (Å²) in [5.41, 5.74) is 0. The normalized spacial score (nSPS) is 53.2. The number of halogens is 1. The molecule has 0 aliphatic carbocycles. The van der Waals surface area contributed by atoms with Crippen LogP contribution in [0.2, 0.25) is 0 Å². The highest BCUT2D eigenvalue weighted by molar-refractivity contribution is 9.09. The van der Waals surface area contributed by atoms with Crippen LogP contribution in [-0.4, -0.2) is 74.5 Å². The molecular formula is C12H21BrO7. The predicted octanol–water partition coefficient (Wildman–Crippen LogP) is -0.909. The maximum atomic E-state index is 10.00. The van der Waals surface area contributed by atoms with Gasteiger partial charge in [0.2, 0.25) is 0 Å². The molecule has 0 amide bonds. The van der Waals surface area contributed by atoms with Gasteiger partial charge in [0, 0.05) is 6.42 Å². The fourth-order valence-corrected chi connectivity index (χ4v) is 3.13. The van der Waals surface area contributed by atoms with Crippen LogP contribution >= 0.6 is 15.9 Å². The lowest BCUT2D eigenvalue weighted by Gasteiger charge is -2.42. The molecule has 0 saturated carbocycles. The van der Waals surface area contributed by atoms with Gasteiger partial charge in [0.05, 0.1) is 29.7 Å². The van der Waals surface area contributed by atoms with Crippen LogP contribution in [0.1, 0.15) is 20.3 Å². The lowest BCUT2D eigenvalue weighted by Crippen LogP contribution is -2.59. The van der Waals surface area contributed by atoms with E-state index in [1.54, 1.807) is 13.8 Å². The molecule has 0 bridgehead atoms. The average Bonchev–Trinajstić information content (AvgIpc) is 2.63. The maximum Gasteiger partial charge on any atom is 0.194 e. The fraction of sp³-hybridized carbons (Fsp3) is 1.00. The first-order chi connectivity index (χ1) is 9.28. The van der Waals surface area contributed by atoms with E-state index in [-0.39, 0.29) is 12.7 Å². The van der Waals surface area contributed by atoms with E-state index in [1.807, 2.05) is 0 Å². The van der Waals surface area contributed by atoms with Crippen molar-refractivity contribution in [1.82, 2.24) is 0 Å². The molecule has 4 N–H and O–H groups in total. The standard InChI is InChI=1S/C12H21BrO7/c1-5-3-7(15)12(2,19-5)20-11-10(17)9(16)8(13)6(4-14)18-11/h5-11,14-17H,3-4H2,1-2H3/t5-,6-,7+,8+,9+,10-,11-,12-/m1/s1. The molecule has 2 saturated heterocycles. The van der Waals surface area contributed by atoms with Crippen LogP contribution < -0.4 is 0 Å². The zero-order valence-corrected chi connectivity index (χ0v) is 12.9. The minimum absolute atomic E-state index is 0.182. The molecule has 0 unspecified atom stereocenters. The quantitative estimate of drug-likeness (QED) is 0.485. The Hall–Kier alpha value is 0.200. The Labute approximate surface area is 125 Å². The largest absolute Gasteiger partial charge is 0.394 e. The first kappa shape index (κ1) is 16.6. The number of hydrogen-bond acceptors (Lipinski definition) is 7. The van der Waals surface area contributed by atoms with Crippen molar-refractivity contribution in [2.75, 3.05) is 6.61 Å². The molecule has 0 spiro atoms. The summed E-state index contributed by atoms with van der Waals surface area (Å²) in [7, 11) is 0. The van der Waals surface area contributed by atoms with Crippen LogP contribution in [-0.2, 0) is 14.2 Å². The number of rotatable bonds is 3. The third-order valence-corrected chi connectivity index (χ3v) is 4.88. The SMILES string of the molecule is C[C@@H]1C[C@H](O)[C@@](C)(O[C@H]2O[C@H](CO)[C@H](Br)[C@H](O)[C@H]2O)O1. The third-order valence-electron chi connectivity index (χ3n) is 3.74. The highest BCUT2D eigenvalue weighted by Crippen LogP contribution is 2.36. The molecule has 8 heteroatoms. The molecule has 2 rings (SSSR count). The first-order valence-electron chi connectivity index (χ1n) is 6.58. The van der Waals surface area contributed by atoms with Crippen molar-refractivity contribution in [3.63, 3.8) is 0 Å². The Morgan fingerprint density at radius 1 is 1.30 bits per heavy atom. The van der Waals surface area contributed by atoms with Crippen molar-refractivity contribution < 1.29 is 34.6 Å². The van der Waals surface area contributed by atoms with Gasteiger partial charge in [-0.25, -0.2) is 0 Å². The van der Waals surface area contributed by atoms with Gasteiger partial charge in [-0.2, -0.15) is 0 Å². The van der Waals surface area contributed by atoms with E-state index in [4.69, 9.17) is 14.2 Å². The number of hydrogen-bond donors (Lipinski definition) is 4. The second-order valence-corrected chi connectivity index (χ2v) is 6.52. The first-order valence-corrected chi connectivity index (χ1v) is 7.50. The summed E-state index contributed by atoms with van der Waals surface area (Å²) in [6, 6.07) is 0. The van der Waals surface area contributed by atoms with E-state index in [0.29, 0.717) is 6.42 Å². The number of ether oxygens (including phenoxy) is 3. The smallest absolute Gasteiger partial charge is 0.194 e. The molecular weight excluding hydrogens is 336 g/mol. The molecule has 2 heterocycles. The number of aliphatic hydroxyl groups excluding tert-OH is 4. The van der Waals surface area contributed by atoms with E-state index in [9.17, 15) is 20.4 Å². The molecule has 2 aliphatic heterocycles. The van der Waals surface area contributed by atoms with E-state index in [2.05, 4.69) is 15.9 Å². The van der Waals surface area contributed by atoms with Crippen molar-refractivity contribution in [1.29, 1.82) is 0 Å². The van der Waals surface area contributed by atoms with Crippen molar-refractivity contribution in [3.8, 4) is 0 Å². The summed E-state index contributed by atoms with van der Waals surface area (Å²) in [4.78, 5) is -0.608. The van der Waals surface area contributed by atoms with Gasteiger partial charge in [0.1, 0.15) is 12.2 Å². The summed E-state index contributed by atoms with van der Waals surface area (Å²) in [6.45, 7) is 3.02. The van der Waals surface area contributed by atoms with E-state index in [0.717, 1.165) is 0 Å². The van der Waals surface area contributed by atoms with Gasteiger partial charge in [-0.15, -0.1) is 0 Å². The minimum atomic E-state index is -1.32. The molecule has 2 fully saturated rings. The zero-order valence-electron chi connectivity index (χ0n) is 11.3. The molecule has 2 aliphatic rings. The van der Waals surface area contributed by atoms with Gasteiger partial charge >= 0.3 is 0 Å². The summed E-state index contributed by atoms with van der Waals surface area (Å²) < 4.78 is 16.5. The summed E-state index contributed by atoms with van der Waals surface area (Å²) in [5.74, 6) is -1.32. The van der Waals surface area contributed by atoms with E-state index < -0.39 is 41.3 Å². The summed E-state index contributed by atoms with van der Waals surface area (Å²) in [6.07, 6.45) is -5.03. The van der Waals surface area contributed by atoms with Gasteiger partial charge < -0.3 is 34.6 Å². The van der Waals surface area contributed by atoms with Crippen molar-refractivity contribution in [3.05, 3.63) is 0 Å². The summed E-state index contributed by atoms with van der Waals surface area (Å²) in [5, 5.41) is 39.1. The summed E-state index contributed by atoms with van der Waals surface area (Å²) >= 11 is 3.16. The van der Waals surface area contributed by atoms with Crippen molar-refractivity contribution >= 4 is 15.9 Å². The van der Waals surface area contributed by atoms with Crippen LogP contribution in [0.4, 0.5) is 0 Å². The molecule has 118 valence electrons. The molecule has 0 aromatic carbocycles. The maximum absolute atomic E-state index is 10.00. The molecule has 7 nitrogen and oxygen atoms in total. The minimum Gasteiger partial charge on any atom is -0.394 e. The van der Waals surface area contributed by atoms with Crippen LogP contribution in [0.5, 0.6) is 0 Å². The van der Waals surface area contributed by atoms with E-state index in [1.165, 1.54) is 0 Å². The Morgan fingerprint density at radius 2 is 1.95 bits per heavy atom. The Bertz CT molecular complexity index is 342. The third kappa shape index (κ3) is 3.02. The lowest BCUT2D eigenvalue weighted by atomic mass is 10.0. The predicted molar refractivity (Wildman–Crippen MR) is 71.1 cm³/mol. The molecule has 8 atom stereocenters. The van der Waals surface area contributed by atoms with E-state index >= 15 is 0 Å². The van der Waals surface area contributed by atoms with Crippen LogP contribution in [0.3, 0.4) is 0 Å². The topological polar surface area (TPSA) is 109 Å². The van der Waals surface area contributed by atoms with Gasteiger partial charge in [-0.1, -0.05) is 15.9 Å². The highest BCUT2D eigenvalue weighted by Gasteiger charge is 2.51. The van der Waals surface area contributed by atoms with Crippen LogP contribution in [0.25, 0.3) is 0 Å². The van der Waals surface area contributed by atoms with Crippen molar-refractivity contribution in [2.45, 2.75) is 67.7 Å². The van der Waals surface area contributed by atoms with Crippen LogP contribution in [0, 0.1) is 0 Å². The Balaban J connectivity index is 2.08. The second kappa shape index (κ2) is 6.13. The molecule has 0 aromatic rings. The fourth-order valence-electron chi connectivity index (χ4n) is 2.53. The lowest BCUT2D eigenvalue weighted by molar-refractivity contribution is -0.358. The van der Waals surface area contributed by atoms with Gasteiger partial charge in [0.25, 0.3) is 0 Å². The monoisotopic (exact) mass is 356 g/mol. The zero-order chi connectivity index (χ0) is 15.1. The Morgan fingerprint density at radius 3 is 2.45 bits per heavy atom. The molecule has 0 radical (unpaired) electrons. The van der Waals surface area contributed by atoms with Crippen LogP contribution in [0.15, 0.2) is 0 Å². The number of alkyl halides is 1. The van der Waals surface area contributed by atoms with Crippen molar-refractivity contribution in [2.24, 2.45) is 0 Å². The van der Waals surface area contributed by atoms with Gasteiger partial charge in [-0.05, 0) is 13.8 Å². The average molecular weight is 357 g/mol. The molecule has 0 aromatic heterocycles.